The maximum absolute atomic E-state index is 4.98. The minimum Gasteiger partial charge on any atom is -0.242 e. The maximum atomic E-state index is 4.98. The smallest absolute Gasteiger partial charge is 0.238 e. The van der Waals surface area contributed by atoms with Crippen molar-refractivity contribution in [1.82, 2.24) is 20.2 Å². The SMILES string of the molecule is Cc1cccc(CCn2[nH]nnc2=S)c1. The third-order valence-electron chi connectivity index (χ3n) is 2.24. The second-order valence-electron chi connectivity index (χ2n) is 3.47. The van der Waals surface area contributed by atoms with Gasteiger partial charge in [-0.05, 0) is 31.1 Å². The molecule has 78 valence electrons. The summed E-state index contributed by atoms with van der Waals surface area (Å²) in [6.45, 7) is 2.88. The van der Waals surface area contributed by atoms with Crippen molar-refractivity contribution >= 4 is 12.2 Å². The van der Waals surface area contributed by atoms with Crippen LogP contribution in [0.15, 0.2) is 24.3 Å². The van der Waals surface area contributed by atoms with Crippen molar-refractivity contribution in [2.75, 3.05) is 0 Å². The Bertz CT molecular complexity index is 500. The van der Waals surface area contributed by atoms with Gasteiger partial charge < -0.3 is 0 Å². The third-order valence-corrected chi connectivity index (χ3v) is 2.54. The summed E-state index contributed by atoms with van der Waals surface area (Å²) in [5.74, 6) is 0. The Morgan fingerprint density at radius 2 is 2.33 bits per heavy atom. The van der Waals surface area contributed by atoms with E-state index in [1.54, 1.807) is 4.68 Å². The predicted octanol–water partition coefficient (Wildman–Crippen LogP) is 1.89. The monoisotopic (exact) mass is 220 g/mol. The number of H-pyrrole nitrogens is 1. The van der Waals surface area contributed by atoms with Gasteiger partial charge in [-0.2, -0.15) is 5.21 Å². The summed E-state index contributed by atoms with van der Waals surface area (Å²) in [6, 6.07) is 8.44. The van der Waals surface area contributed by atoms with Crippen LogP contribution in [-0.4, -0.2) is 20.2 Å². The molecule has 4 nitrogen and oxygen atoms in total. The van der Waals surface area contributed by atoms with E-state index in [4.69, 9.17) is 12.2 Å². The molecule has 0 spiro atoms. The first-order valence-corrected chi connectivity index (χ1v) is 5.20. The zero-order chi connectivity index (χ0) is 10.7. The Morgan fingerprint density at radius 3 is 3.00 bits per heavy atom. The number of nitrogens with zero attached hydrogens (tertiary/aromatic N) is 3. The highest BCUT2D eigenvalue weighted by molar-refractivity contribution is 7.71. The third kappa shape index (κ3) is 2.50. The van der Waals surface area contributed by atoms with Crippen LogP contribution in [0.2, 0.25) is 0 Å². The minimum absolute atomic E-state index is 0.502. The number of hydrogen-bond donors (Lipinski definition) is 1. The van der Waals surface area contributed by atoms with Crippen LogP contribution in [0.4, 0.5) is 0 Å². The molecule has 1 aromatic heterocycles. The van der Waals surface area contributed by atoms with Crippen LogP contribution < -0.4 is 0 Å². The standard InChI is InChI=1S/C10H12N4S/c1-8-3-2-4-9(7-8)5-6-14-10(15)11-12-13-14/h2-4,7H,5-6H2,1H3,(H,11,13,15). The van der Waals surface area contributed by atoms with Crippen molar-refractivity contribution in [3.8, 4) is 0 Å². The van der Waals surface area contributed by atoms with Gasteiger partial charge >= 0.3 is 0 Å². The summed E-state index contributed by atoms with van der Waals surface area (Å²) in [5.41, 5.74) is 2.57. The zero-order valence-corrected chi connectivity index (χ0v) is 9.29. The molecule has 0 saturated carbocycles. The fourth-order valence-electron chi connectivity index (χ4n) is 1.47. The van der Waals surface area contributed by atoms with Gasteiger partial charge in [0.15, 0.2) is 0 Å². The second kappa shape index (κ2) is 4.35. The van der Waals surface area contributed by atoms with E-state index in [1.165, 1.54) is 11.1 Å². The molecule has 0 aliphatic carbocycles. The topological polar surface area (TPSA) is 46.5 Å². The molecule has 0 amide bonds. The van der Waals surface area contributed by atoms with Gasteiger partial charge in [0.2, 0.25) is 4.77 Å². The van der Waals surface area contributed by atoms with Crippen LogP contribution in [-0.2, 0) is 13.0 Å². The van der Waals surface area contributed by atoms with Crippen LogP contribution in [0.1, 0.15) is 11.1 Å². The lowest BCUT2D eigenvalue weighted by Gasteiger charge is -2.02. The van der Waals surface area contributed by atoms with Crippen LogP contribution in [0.3, 0.4) is 0 Å². The van der Waals surface area contributed by atoms with Gasteiger partial charge in [0.25, 0.3) is 0 Å². The molecule has 1 N–H and O–H groups in total. The minimum atomic E-state index is 0.502. The van der Waals surface area contributed by atoms with Crippen molar-refractivity contribution < 1.29 is 0 Å². The van der Waals surface area contributed by atoms with Crippen LogP contribution in [0, 0.1) is 11.7 Å². The van der Waals surface area contributed by atoms with Crippen LogP contribution in [0.25, 0.3) is 0 Å². The molecule has 1 heterocycles. The van der Waals surface area contributed by atoms with E-state index in [0.717, 1.165) is 13.0 Å². The van der Waals surface area contributed by atoms with E-state index in [9.17, 15) is 0 Å². The average molecular weight is 220 g/mol. The number of tetrazole rings is 1. The molecule has 0 aliphatic heterocycles. The molecule has 0 aliphatic rings. The first-order chi connectivity index (χ1) is 7.25. The Hall–Kier alpha value is -1.49. The molecule has 0 radical (unpaired) electrons. The number of nitrogens with one attached hydrogen (secondary N) is 1. The summed E-state index contributed by atoms with van der Waals surface area (Å²) >= 11 is 4.98. The van der Waals surface area contributed by atoms with Gasteiger partial charge in [-0.25, -0.2) is 4.68 Å². The second-order valence-corrected chi connectivity index (χ2v) is 3.84. The predicted molar refractivity (Wildman–Crippen MR) is 60.1 cm³/mol. The molecule has 15 heavy (non-hydrogen) atoms. The summed E-state index contributed by atoms with van der Waals surface area (Å²) in [6.07, 6.45) is 0.930. The van der Waals surface area contributed by atoms with Gasteiger partial charge in [-0.1, -0.05) is 40.1 Å². The lowest BCUT2D eigenvalue weighted by molar-refractivity contribution is 0.583. The van der Waals surface area contributed by atoms with E-state index < -0.39 is 0 Å². The van der Waals surface area contributed by atoms with Crippen molar-refractivity contribution in [3.05, 3.63) is 40.2 Å². The number of aromatic nitrogens is 4. The Balaban J connectivity index is 2.05. The van der Waals surface area contributed by atoms with Gasteiger partial charge in [-0.15, -0.1) is 0 Å². The van der Waals surface area contributed by atoms with E-state index in [1.807, 2.05) is 0 Å². The van der Waals surface area contributed by atoms with Crippen molar-refractivity contribution in [3.63, 3.8) is 0 Å². The molecule has 5 heteroatoms. The number of rotatable bonds is 3. The van der Waals surface area contributed by atoms with Crippen LogP contribution in [0.5, 0.6) is 0 Å². The highest BCUT2D eigenvalue weighted by Gasteiger charge is 1.97. The zero-order valence-electron chi connectivity index (χ0n) is 8.47. The van der Waals surface area contributed by atoms with E-state index in [2.05, 4.69) is 46.7 Å². The van der Waals surface area contributed by atoms with Crippen LogP contribution >= 0.6 is 12.2 Å². The van der Waals surface area contributed by atoms with Crippen molar-refractivity contribution in [2.45, 2.75) is 19.9 Å². The molecule has 0 fully saturated rings. The molecule has 2 aromatic rings. The molecule has 1 aromatic carbocycles. The van der Waals surface area contributed by atoms with Gasteiger partial charge in [-0.3, -0.25) is 0 Å². The van der Waals surface area contributed by atoms with E-state index >= 15 is 0 Å². The largest absolute Gasteiger partial charge is 0.242 e. The highest BCUT2D eigenvalue weighted by atomic mass is 32.1. The summed E-state index contributed by atoms with van der Waals surface area (Å²) < 4.78 is 2.26. The average Bonchev–Trinajstić information content (AvgIpc) is 2.61. The number of aryl methyl sites for hydroxylation is 3. The number of benzene rings is 1. The lowest BCUT2D eigenvalue weighted by atomic mass is 10.1. The number of aromatic amines is 1. The lowest BCUT2D eigenvalue weighted by Crippen LogP contribution is -2.03. The molecular formula is C10H12N4S. The Labute approximate surface area is 92.9 Å². The summed E-state index contributed by atoms with van der Waals surface area (Å²) in [4.78, 5) is 0. The quantitative estimate of drug-likeness (QED) is 0.803. The molecule has 2 rings (SSSR count). The fourth-order valence-corrected chi connectivity index (χ4v) is 1.64. The molecule has 0 atom stereocenters. The van der Waals surface area contributed by atoms with E-state index in [0.29, 0.717) is 4.77 Å². The van der Waals surface area contributed by atoms with Gasteiger partial charge in [0.1, 0.15) is 0 Å². The molecular weight excluding hydrogens is 208 g/mol. The summed E-state index contributed by atoms with van der Waals surface area (Å²) in [5, 5.41) is 10.1. The van der Waals surface area contributed by atoms with E-state index in [-0.39, 0.29) is 0 Å². The molecule has 0 bridgehead atoms. The highest BCUT2D eigenvalue weighted by Crippen LogP contribution is 2.05. The van der Waals surface area contributed by atoms with Gasteiger partial charge in [0, 0.05) is 6.54 Å². The first-order valence-electron chi connectivity index (χ1n) is 4.79. The maximum Gasteiger partial charge on any atom is 0.238 e. The van der Waals surface area contributed by atoms with Crippen molar-refractivity contribution in [1.29, 1.82) is 0 Å². The molecule has 0 saturated heterocycles. The summed E-state index contributed by atoms with van der Waals surface area (Å²) in [7, 11) is 0. The number of hydrogen-bond acceptors (Lipinski definition) is 3. The van der Waals surface area contributed by atoms with Gasteiger partial charge in [0.05, 0.1) is 0 Å². The first kappa shape index (κ1) is 10.0. The van der Waals surface area contributed by atoms with Crippen molar-refractivity contribution in [2.24, 2.45) is 0 Å². The fraction of sp³-hybridized carbons (Fsp3) is 0.300. The Morgan fingerprint density at radius 1 is 1.47 bits per heavy atom. The normalized spacial score (nSPS) is 10.5. The Kier molecular flexibility index (Phi) is 2.91. The molecule has 0 unspecified atom stereocenters.